The minimum absolute atomic E-state index is 0.0145. The van der Waals surface area contributed by atoms with Crippen molar-refractivity contribution in [2.45, 2.75) is 12.8 Å². The molecule has 0 saturated heterocycles. The molecule has 1 amide bonds. The first kappa shape index (κ1) is 16.5. The van der Waals surface area contributed by atoms with Crippen LogP contribution in [0.5, 0.6) is 0 Å². The predicted octanol–water partition coefficient (Wildman–Crippen LogP) is 3.40. The van der Waals surface area contributed by atoms with Gasteiger partial charge in [0.15, 0.2) is 0 Å². The highest BCUT2D eigenvalue weighted by Gasteiger charge is 2.16. The number of non-ortho nitro benzene ring substituents is 1. The summed E-state index contributed by atoms with van der Waals surface area (Å²) in [6.07, 6.45) is 0. The molecule has 2 aromatic carbocycles. The molecule has 0 spiro atoms. The van der Waals surface area contributed by atoms with Gasteiger partial charge in [0.05, 0.1) is 10.8 Å². The molecular formula is C17H19N3O3. The zero-order valence-corrected chi connectivity index (χ0v) is 13.3. The lowest BCUT2D eigenvalue weighted by molar-refractivity contribution is -0.384. The van der Waals surface area contributed by atoms with E-state index in [2.05, 4.69) is 5.32 Å². The lowest BCUT2D eigenvalue weighted by Gasteiger charge is -2.15. The number of carbonyl (C=O) groups excluding carboxylic acids is 1. The normalized spacial score (nSPS) is 11.6. The number of nitro groups is 1. The highest BCUT2D eigenvalue weighted by Crippen LogP contribution is 2.22. The lowest BCUT2D eigenvalue weighted by atomic mass is 10.00. The van der Waals surface area contributed by atoms with Gasteiger partial charge in [0.1, 0.15) is 0 Å². The van der Waals surface area contributed by atoms with E-state index >= 15 is 0 Å². The van der Waals surface area contributed by atoms with Crippen LogP contribution in [0, 0.1) is 10.1 Å². The first-order valence-corrected chi connectivity index (χ1v) is 7.21. The number of nitro benzene ring substituents is 1. The van der Waals surface area contributed by atoms with E-state index in [-0.39, 0.29) is 11.6 Å². The number of amides is 1. The Labute approximate surface area is 134 Å². The van der Waals surface area contributed by atoms with Crippen molar-refractivity contribution < 1.29 is 9.72 Å². The first-order chi connectivity index (χ1) is 10.9. The summed E-state index contributed by atoms with van der Waals surface area (Å²) in [5.74, 6) is -0.555. The minimum atomic E-state index is -0.458. The van der Waals surface area contributed by atoms with Crippen LogP contribution in [-0.2, 0) is 4.79 Å². The smallest absolute Gasteiger partial charge is 0.269 e. The van der Waals surface area contributed by atoms with Crippen LogP contribution < -0.4 is 10.2 Å². The summed E-state index contributed by atoms with van der Waals surface area (Å²) in [7, 11) is 3.90. The van der Waals surface area contributed by atoms with Crippen LogP contribution in [0.3, 0.4) is 0 Å². The maximum Gasteiger partial charge on any atom is 0.269 e. The Morgan fingerprint density at radius 1 is 1.09 bits per heavy atom. The zero-order valence-electron chi connectivity index (χ0n) is 13.3. The van der Waals surface area contributed by atoms with Gasteiger partial charge in [0, 0.05) is 37.6 Å². The molecule has 1 N–H and O–H groups in total. The van der Waals surface area contributed by atoms with Gasteiger partial charge in [-0.05, 0) is 36.8 Å². The van der Waals surface area contributed by atoms with E-state index < -0.39 is 10.8 Å². The molecule has 0 aliphatic heterocycles. The molecule has 23 heavy (non-hydrogen) atoms. The standard InChI is InChI=1S/C17H19N3O3/c1-12(13-4-8-16(9-5-13)20(22)23)17(21)18-14-6-10-15(11-7-14)19(2)3/h4-12H,1-3H3,(H,18,21)/t12-/m0/s1. The van der Waals surface area contributed by atoms with Gasteiger partial charge in [-0.15, -0.1) is 0 Å². The number of rotatable bonds is 5. The average molecular weight is 313 g/mol. The summed E-state index contributed by atoms with van der Waals surface area (Å²) in [4.78, 5) is 24.5. The molecule has 0 fully saturated rings. The van der Waals surface area contributed by atoms with E-state index in [1.165, 1.54) is 12.1 Å². The quantitative estimate of drug-likeness (QED) is 0.678. The largest absolute Gasteiger partial charge is 0.378 e. The number of hydrogen-bond donors (Lipinski definition) is 1. The fourth-order valence-corrected chi connectivity index (χ4v) is 2.13. The molecule has 6 heteroatoms. The number of nitrogens with zero attached hydrogens (tertiary/aromatic N) is 2. The fraction of sp³-hybridized carbons (Fsp3) is 0.235. The highest BCUT2D eigenvalue weighted by molar-refractivity contribution is 5.95. The van der Waals surface area contributed by atoms with Crippen molar-refractivity contribution in [1.82, 2.24) is 0 Å². The Kier molecular flexibility index (Phi) is 4.95. The van der Waals surface area contributed by atoms with E-state index in [0.29, 0.717) is 0 Å². The SMILES string of the molecule is C[C@H](C(=O)Nc1ccc(N(C)C)cc1)c1ccc([N+](=O)[O-])cc1. The Hall–Kier alpha value is -2.89. The molecule has 0 aliphatic carbocycles. The number of nitrogens with one attached hydrogen (secondary N) is 1. The molecule has 0 unspecified atom stereocenters. The van der Waals surface area contributed by atoms with Gasteiger partial charge in [0.25, 0.3) is 5.69 Å². The Bertz CT molecular complexity index is 694. The molecule has 0 aromatic heterocycles. The van der Waals surface area contributed by atoms with Crippen LogP contribution >= 0.6 is 0 Å². The van der Waals surface area contributed by atoms with Gasteiger partial charge < -0.3 is 10.2 Å². The lowest BCUT2D eigenvalue weighted by Crippen LogP contribution is -2.19. The molecule has 0 saturated carbocycles. The van der Waals surface area contributed by atoms with Crippen molar-refractivity contribution >= 4 is 23.0 Å². The monoisotopic (exact) mass is 313 g/mol. The molecule has 120 valence electrons. The van der Waals surface area contributed by atoms with Crippen molar-refractivity contribution in [2.24, 2.45) is 0 Å². The molecule has 0 radical (unpaired) electrons. The predicted molar refractivity (Wildman–Crippen MR) is 90.9 cm³/mol. The van der Waals surface area contributed by atoms with Crippen LogP contribution in [-0.4, -0.2) is 24.9 Å². The summed E-state index contributed by atoms with van der Waals surface area (Å²) >= 11 is 0. The van der Waals surface area contributed by atoms with Gasteiger partial charge in [-0.1, -0.05) is 12.1 Å². The maximum absolute atomic E-state index is 12.3. The third-order valence-electron chi connectivity index (χ3n) is 3.65. The number of hydrogen-bond acceptors (Lipinski definition) is 4. The van der Waals surface area contributed by atoms with Crippen molar-refractivity contribution in [1.29, 1.82) is 0 Å². The average Bonchev–Trinajstić information content (AvgIpc) is 2.54. The van der Waals surface area contributed by atoms with E-state index in [4.69, 9.17) is 0 Å². The van der Waals surface area contributed by atoms with Gasteiger partial charge in [-0.2, -0.15) is 0 Å². The third-order valence-corrected chi connectivity index (χ3v) is 3.65. The highest BCUT2D eigenvalue weighted by atomic mass is 16.6. The second-order valence-corrected chi connectivity index (χ2v) is 5.50. The Balaban J connectivity index is 2.05. The zero-order chi connectivity index (χ0) is 17.0. The van der Waals surface area contributed by atoms with Crippen molar-refractivity contribution in [3.63, 3.8) is 0 Å². The molecular weight excluding hydrogens is 294 g/mol. The Morgan fingerprint density at radius 3 is 2.13 bits per heavy atom. The second-order valence-electron chi connectivity index (χ2n) is 5.50. The van der Waals surface area contributed by atoms with Crippen LogP contribution in [0.2, 0.25) is 0 Å². The molecule has 0 bridgehead atoms. The molecule has 2 aromatic rings. The van der Waals surface area contributed by atoms with Crippen molar-refractivity contribution in [3.05, 3.63) is 64.2 Å². The summed E-state index contributed by atoms with van der Waals surface area (Å²) < 4.78 is 0. The van der Waals surface area contributed by atoms with Gasteiger partial charge in [-0.25, -0.2) is 0 Å². The van der Waals surface area contributed by atoms with Crippen LogP contribution in [0.1, 0.15) is 18.4 Å². The van der Waals surface area contributed by atoms with E-state index in [1.54, 1.807) is 19.1 Å². The first-order valence-electron chi connectivity index (χ1n) is 7.21. The van der Waals surface area contributed by atoms with E-state index in [0.717, 1.165) is 16.9 Å². The topological polar surface area (TPSA) is 75.5 Å². The fourth-order valence-electron chi connectivity index (χ4n) is 2.13. The summed E-state index contributed by atoms with van der Waals surface area (Å²) in [5, 5.41) is 13.5. The Morgan fingerprint density at radius 2 is 1.65 bits per heavy atom. The molecule has 0 aliphatic rings. The van der Waals surface area contributed by atoms with E-state index in [1.807, 2.05) is 43.3 Å². The maximum atomic E-state index is 12.3. The van der Waals surface area contributed by atoms with Gasteiger partial charge >= 0.3 is 0 Å². The van der Waals surface area contributed by atoms with Crippen molar-refractivity contribution in [3.8, 4) is 0 Å². The molecule has 6 nitrogen and oxygen atoms in total. The molecule has 1 atom stereocenters. The number of carbonyl (C=O) groups is 1. The van der Waals surface area contributed by atoms with Gasteiger partial charge in [-0.3, -0.25) is 14.9 Å². The minimum Gasteiger partial charge on any atom is -0.378 e. The van der Waals surface area contributed by atoms with Crippen molar-refractivity contribution in [2.75, 3.05) is 24.3 Å². The molecule has 0 heterocycles. The third kappa shape index (κ3) is 4.06. The van der Waals surface area contributed by atoms with Crippen LogP contribution in [0.15, 0.2) is 48.5 Å². The summed E-state index contributed by atoms with van der Waals surface area (Å²) in [6.45, 7) is 1.77. The van der Waals surface area contributed by atoms with E-state index in [9.17, 15) is 14.9 Å². The second kappa shape index (κ2) is 6.91. The summed E-state index contributed by atoms with van der Waals surface area (Å²) in [5.41, 5.74) is 2.51. The number of anilines is 2. The number of benzene rings is 2. The van der Waals surface area contributed by atoms with Gasteiger partial charge in [0.2, 0.25) is 5.91 Å². The molecule has 2 rings (SSSR count). The van der Waals surface area contributed by atoms with Crippen LogP contribution in [0.25, 0.3) is 0 Å². The summed E-state index contributed by atoms with van der Waals surface area (Å²) in [6, 6.07) is 13.6. The van der Waals surface area contributed by atoms with Crippen LogP contribution in [0.4, 0.5) is 17.1 Å².